The molecule has 0 unspecified atom stereocenters. The summed E-state index contributed by atoms with van der Waals surface area (Å²) in [7, 11) is 0. The molecule has 0 radical (unpaired) electrons. The van der Waals surface area contributed by atoms with E-state index in [1.54, 1.807) is 17.9 Å². The third-order valence-corrected chi connectivity index (χ3v) is 4.46. The van der Waals surface area contributed by atoms with E-state index in [4.69, 9.17) is 0 Å². The molecule has 0 atom stereocenters. The van der Waals surface area contributed by atoms with Gasteiger partial charge in [0, 0.05) is 36.2 Å². The number of carbonyl (C=O) groups excluding carboxylic acids is 1. The van der Waals surface area contributed by atoms with Gasteiger partial charge in [0.15, 0.2) is 0 Å². The zero-order valence-electron chi connectivity index (χ0n) is 11.2. The van der Waals surface area contributed by atoms with Crippen LogP contribution in [0.2, 0.25) is 0 Å². The van der Waals surface area contributed by atoms with Crippen molar-refractivity contribution < 1.29 is 9.18 Å². The van der Waals surface area contributed by atoms with Crippen molar-refractivity contribution in [2.45, 2.75) is 13.8 Å². The molecule has 1 saturated heterocycles. The van der Waals surface area contributed by atoms with Crippen LogP contribution in [0.1, 0.15) is 22.8 Å². The normalized spacial score (nSPS) is 16.7. The maximum absolute atomic E-state index is 13.7. The van der Waals surface area contributed by atoms with Gasteiger partial charge in [0.25, 0.3) is 5.91 Å². The van der Waals surface area contributed by atoms with Crippen LogP contribution in [0, 0.1) is 12.7 Å². The second-order valence-electron chi connectivity index (χ2n) is 4.79. The molecule has 3 nitrogen and oxygen atoms in total. The lowest BCUT2D eigenvalue weighted by Gasteiger charge is -2.34. The average Bonchev–Trinajstić information content (AvgIpc) is 2.43. The molecule has 104 valence electrons. The second kappa shape index (κ2) is 6.01. The number of carbonyl (C=O) groups is 1. The highest BCUT2D eigenvalue weighted by atomic mass is 79.9. The summed E-state index contributed by atoms with van der Waals surface area (Å²) in [6.07, 6.45) is 0. The Balaban J connectivity index is 2.12. The van der Waals surface area contributed by atoms with Crippen molar-refractivity contribution in [1.29, 1.82) is 0 Å². The number of rotatable bonds is 2. The standard InChI is InChI=1S/C14H18BrFN2O/c1-3-17-4-6-18(7-5-17)14(19)11-8-12(15)10(2)13(16)9-11/h8-9H,3-7H2,1-2H3. The van der Waals surface area contributed by atoms with Crippen molar-refractivity contribution in [3.05, 3.63) is 33.5 Å². The van der Waals surface area contributed by atoms with E-state index in [-0.39, 0.29) is 11.7 Å². The third-order valence-electron chi connectivity index (χ3n) is 3.63. The fourth-order valence-electron chi connectivity index (χ4n) is 2.22. The smallest absolute Gasteiger partial charge is 0.254 e. The van der Waals surface area contributed by atoms with Gasteiger partial charge in [0.1, 0.15) is 5.82 Å². The first kappa shape index (κ1) is 14.5. The number of hydrogen-bond donors (Lipinski definition) is 0. The van der Waals surface area contributed by atoms with Gasteiger partial charge in [0.05, 0.1) is 0 Å². The van der Waals surface area contributed by atoms with Gasteiger partial charge >= 0.3 is 0 Å². The van der Waals surface area contributed by atoms with Crippen molar-refractivity contribution in [1.82, 2.24) is 9.80 Å². The summed E-state index contributed by atoms with van der Waals surface area (Å²) < 4.78 is 14.3. The Morgan fingerprint density at radius 3 is 2.47 bits per heavy atom. The van der Waals surface area contributed by atoms with Gasteiger partial charge in [0.2, 0.25) is 0 Å². The molecule has 1 aromatic carbocycles. The summed E-state index contributed by atoms with van der Waals surface area (Å²) in [5, 5.41) is 0. The molecule has 2 rings (SSSR count). The van der Waals surface area contributed by atoms with Crippen LogP contribution >= 0.6 is 15.9 Å². The Hall–Kier alpha value is -0.940. The molecule has 0 aliphatic carbocycles. The van der Waals surface area contributed by atoms with Gasteiger partial charge in [-0.2, -0.15) is 0 Å². The highest BCUT2D eigenvalue weighted by molar-refractivity contribution is 9.10. The first-order valence-electron chi connectivity index (χ1n) is 6.50. The van der Waals surface area contributed by atoms with Gasteiger partial charge in [-0.15, -0.1) is 0 Å². The van der Waals surface area contributed by atoms with E-state index in [9.17, 15) is 9.18 Å². The van der Waals surface area contributed by atoms with Crippen molar-refractivity contribution in [3.8, 4) is 0 Å². The molecule has 1 aromatic rings. The number of amides is 1. The van der Waals surface area contributed by atoms with Crippen LogP contribution in [0.3, 0.4) is 0 Å². The summed E-state index contributed by atoms with van der Waals surface area (Å²) in [5.41, 5.74) is 0.951. The van der Waals surface area contributed by atoms with E-state index < -0.39 is 0 Å². The molecule has 0 bridgehead atoms. The van der Waals surface area contributed by atoms with E-state index in [0.717, 1.165) is 19.6 Å². The molecule has 1 heterocycles. The van der Waals surface area contributed by atoms with E-state index >= 15 is 0 Å². The van der Waals surface area contributed by atoms with Crippen molar-refractivity contribution in [3.63, 3.8) is 0 Å². The van der Waals surface area contributed by atoms with Crippen molar-refractivity contribution >= 4 is 21.8 Å². The number of nitrogens with zero attached hydrogens (tertiary/aromatic N) is 2. The third kappa shape index (κ3) is 3.15. The largest absolute Gasteiger partial charge is 0.336 e. The molecule has 5 heteroatoms. The predicted molar refractivity (Wildman–Crippen MR) is 76.9 cm³/mol. The summed E-state index contributed by atoms with van der Waals surface area (Å²) in [6.45, 7) is 8.00. The molecule has 0 saturated carbocycles. The fourth-order valence-corrected chi connectivity index (χ4v) is 2.65. The number of likely N-dealkylation sites (N-methyl/N-ethyl adjacent to an activating group) is 1. The van der Waals surface area contributed by atoms with Crippen LogP contribution in [0.25, 0.3) is 0 Å². The fraction of sp³-hybridized carbons (Fsp3) is 0.500. The van der Waals surface area contributed by atoms with E-state index in [2.05, 4.69) is 27.8 Å². The zero-order valence-corrected chi connectivity index (χ0v) is 12.8. The first-order chi connectivity index (χ1) is 9.02. The Labute approximate surface area is 121 Å². The highest BCUT2D eigenvalue weighted by Crippen LogP contribution is 2.22. The lowest BCUT2D eigenvalue weighted by atomic mass is 10.1. The average molecular weight is 329 g/mol. The predicted octanol–water partition coefficient (Wildman–Crippen LogP) is 2.67. The molecule has 1 fully saturated rings. The second-order valence-corrected chi connectivity index (χ2v) is 5.65. The van der Waals surface area contributed by atoms with Crippen LogP contribution < -0.4 is 0 Å². The molecule has 0 N–H and O–H groups in total. The Morgan fingerprint density at radius 1 is 1.32 bits per heavy atom. The SMILES string of the molecule is CCN1CCN(C(=O)c2cc(F)c(C)c(Br)c2)CC1. The molecule has 1 aliphatic heterocycles. The van der Waals surface area contributed by atoms with Crippen LogP contribution in [0.4, 0.5) is 4.39 Å². The summed E-state index contributed by atoms with van der Waals surface area (Å²) in [5.74, 6) is -0.430. The molecule has 1 aliphatic rings. The minimum atomic E-state index is -0.343. The van der Waals surface area contributed by atoms with Gasteiger partial charge < -0.3 is 9.80 Å². The molecular weight excluding hydrogens is 311 g/mol. The lowest BCUT2D eigenvalue weighted by molar-refractivity contribution is 0.0643. The van der Waals surface area contributed by atoms with E-state index in [0.29, 0.717) is 28.7 Å². The summed E-state index contributed by atoms with van der Waals surface area (Å²) in [4.78, 5) is 16.4. The molecule has 19 heavy (non-hydrogen) atoms. The number of benzene rings is 1. The van der Waals surface area contributed by atoms with Gasteiger partial charge in [-0.05, 0) is 31.2 Å². The summed E-state index contributed by atoms with van der Waals surface area (Å²) >= 11 is 3.29. The molecular formula is C14H18BrFN2O. The van der Waals surface area contributed by atoms with Gasteiger partial charge in [-0.1, -0.05) is 22.9 Å². The maximum Gasteiger partial charge on any atom is 0.254 e. The van der Waals surface area contributed by atoms with Crippen LogP contribution in [-0.4, -0.2) is 48.4 Å². The number of hydrogen-bond acceptors (Lipinski definition) is 2. The van der Waals surface area contributed by atoms with E-state index in [1.165, 1.54) is 6.07 Å². The van der Waals surface area contributed by atoms with Crippen molar-refractivity contribution in [2.75, 3.05) is 32.7 Å². The molecule has 0 aromatic heterocycles. The van der Waals surface area contributed by atoms with Gasteiger partial charge in [-0.3, -0.25) is 4.79 Å². The first-order valence-corrected chi connectivity index (χ1v) is 7.29. The number of piperazine rings is 1. The molecule has 1 amide bonds. The van der Waals surface area contributed by atoms with Crippen LogP contribution in [0.5, 0.6) is 0 Å². The minimum Gasteiger partial charge on any atom is -0.336 e. The van der Waals surface area contributed by atoms with Crippen molar-refractivity contribution in [2.24, 2.45) is 0 Å². The molecule has 0 spiro atoms. The Morgan fingerprint density at radius 2 is 1.95 bits per heavy atom. The lowest BCUT2D eigenvalue weighted by Crippen LogP contribution is -2.48. The Bertz CT molecular complexity index is 461. The maximum atomic E-state index is 13.7. The van der Waals surface area contributed by atoms with Crippen LogP contribution in [-0.2, 0) is 0 Å². The highest BCUT2D eigenvalue weighted by Gasteiger charge is 2.22. The van der Waals surface area contributed by atoms with Crippen LogP contribution in [0.15, 0.2) is 16.6 Å². The monoisotopic (exact) mass is 328 g/mol. The minimum absolute atomic E-state index is 0.0876. The van der Waals surface area contributed by atoms with Gasteiger partial charge in [-0.25, -0.2) is 4.39 Å². The Kier molecular flexibility index (Phi) is 4.58. The quantitative estimate of drug-likeness (QED) is 0.833. The zero-order chi connectivity index (χ0) is 14.0. The summed E-state index contributed by atoms with van der Waals surface area (Å²) in [6, 6.07) is 3.03. The topological polar surface area (TPSA) is 23.6 Å². The van der Waals surface area contributed by atoms with E-state index in [1.807, 2.05) is 0 Å². The number of halogens is 2.